The average molecular weight is 226 g/mol. The average Bonchev–Trinajstić information content (AvgIpc) is 2.22. The van der Waals surface area contributed by atoms with Crippen LogP contribution in [0.15, 0.2) is 6.07 Å². The van der Waals surface area contributed by atoms with Gasteiger partial charge >= 0.3 is 5.97 Å². The van der Waals surface area contributed by atoms with Crippen LogP contribution >= 0.6 is 0 Å². The number of methoxy groups -OCH3 is 2. The second kappa shape index (κ2) is 4.74. The standard InChI is InChI=1S/C11H14O5/c1-6-8(16-7(2)12)5-9(14-3)10(13)11(6)15-4/h5,13H,1-4H3. The molecule has 0 aliphatic carbocycles. The molecule has 0 saturated carbocycles. The fourth-order valence-electron chi connectivity index (χ4n) is 1.36. The maximum Gasteiger partial charge on any atom is 0.308 e. The summed E-state index contributed by atoms with van der Waals surface area (Å²) in [5.74, 6) is 0.171. The largest absolute Gasteiger partial charge is 0.502 e. The Morgan fingerprint density at radius 1 is 1.25 bits per heavy atom. The van der Waals surface area contributed by atoms with Crippen molar-refractivity contribution in [2.45, 2.75) is 13.8 Å². The van der Waals surface area contributed by atoms with Crippen LogP contribution in [0.4, 0.5) is 0 Å². The van der Waals surface area contributed by atoms with Crippen LogP contribution < -0.4 is 14.2 Å². The van der Waals surface area contributed by atoms with E-state index in [0.717, 1.165) is 0 Å². The van der Waals surface area contributed by atoms with Crippen LogP contribution in [0.2, 0.25) is 0 Å². The molecular formula is C11H14O5. The van der Waals surface area contributed by atoms with Gasteiger partial charge in [-0.05, 0) is 6.92 Å². The maximum atomic E-state index is 10.9. The molecule has 0 aromatic heterocycles. The van der Waals surface area contributed by atoms with E-state index in [-0.39, 0.29) is 17.2 Å². The first-order valence-electron chi connectivity index (χ1n) is 4.64. The van der Waals surface area contributed by atoms with E-state index in [1.165, 1.54) is 27.2 Å². The zero-order valence-electron chi connectivity index (χ0n) is 9.66. The molecule has 0 spiro atoms. The molecule has 1 aromatic rings. The van der Waals surface area contributed by atoms with E-state index in [1.54, 1.807) is 6.92 Å². The van der Waals surface area contributed by atoms with Crippen molar-refractivity contribution < 1.29 is 24.1 Å². The van der Waals surface area contributed by atoms with Crippen molar-refractivity contribution in [3.8, 4) is 23.0 Å². The number of hydrogen-bond acceptors (Lipinski definition) is 5. The summed E-state index contributed by atoms with van der Waals surface area (Å²) in [7, 11) is 2.82. The van der Waals surface area contributed by atoms with Crippen molar-refractivity contribution in [3.63, 3.8) is 0 Å². The molecule has 88 valence electrons. The molecule has 1 aromatic carbocycles. The van der Waals surface area contributed by atoms with Gasteiger partial charge in [0.1, 0.15) is 5.75 Å². The Morgan fingerprint density at radius 2 is 1.88 bits per heavy atom. The zero-order chi connectivity index (χ0) is 12.3. The Kier molecular flexibility index (Phi) is 3.60. The highest BCUT2D eigenvalue weighted by molar-refractivity contribution is 5.72. The third-order valence-electron chi connectivity index (χ3n) is 2.10. The minimum Gasteiger partial charge on any atom is -0.502 e. The topological polar surface area (TPSA) is 65.0 Å². The molecule has 5 heteroatoms. The molecule has 5 nitrogen and oxygen atoms in total. The number of phenols is 1. The fourth-order valence-corrected chi connectivity index (χ4v) is 1.36. The van der Waals surface area contributed by atoms with E-state index in [9.17, 15) is 9.90 Å². The Hall–Kier alpha value is -1.91. The first-order chi connectivity index (χ1) is 7.51. The molecule has 0 heterocycles. The molecule has 0 saturated heterocycles. The minimum absolute atomic E-state index is 0.113. The van der Waals surface area contributed by atoms with E-state index >= 15 is 0 Å². The van der Waals surface area contributed by atoms with Crippen molar-refractivity contribution in [2.24, 2.45) is 0 Å². The van der Waals surface area contributed by atoms with E-state index in [1.807, 2.05) is 0 Å². The highest BCUT2D eigenvalue weighted by Crippen LogP contribution is 2.43. The van der Waals surface area contributed by atoms with Crippen molar-refractivity contribution in [2.75, 3.05) is 14.2 Å². The lowest BCUT2D eigenvalue weighted by molar-refractivity contribution is -0.131. The molecule has 0 unspecified atom stereocenters. The number of aromatic hydroxyl groups is 1. The van der Waals surface area contributed by atoms with E-state index in [4.69, 9.17) is 14.2 Å². The maximum absolute atomic E-state index is 10.9. The molecule has 16 heavy (non-hydrogen) atoms. The Balaban J connectivity index is 3.34. The van der Waals surface area contributed by atoms with Crippen LogP contribution in [0.25, 0.3) is 0 Å². The van der Waals surface area contributed by atoms with E-state index < -0.39 is 5.97 Å². The van der Waals surface area contributed by atoms with Crippen molar-refractivity contribution in [3.05, 3.63) is 11.6 Å². The molecule has 1 N–H and O–H groups in total. The van der Waals surface area contributed by atoms with E-state index in [2.05, 4.69) is 0 Å². The van der Waals surface area contributed by atoms with Gasteiger partial charge in [-0.25, -0.2) is 0 Å². The summed E-state index contributed by atoms with van der Waals surface area (Å²) in [6, 6.07) is 1.44. The second-order valence-corrected chi connectivity index (χ2v) is 3.18. The fraction of sp³-hybridized carbons (Fsp3) is 0.364. The van der Waals surface area contributed by atoms with Crippen LogP contribution in [-0.2, 0) is 4.79 Å². The van der Waals surface area contributed by atoms with Crippen LogP contribution in [0.5, 0.6) is 23.0 Å². The summed E-state index contributed by atoms with van der Waals surface area (Å²) in [5.41, 5.74) is 0.538. The number of ether oxygens (including phenoxy) is 3. The quantitative estimate of drug-likeness (QED) is 0.627. The highest BCUT2D eigenvalue weighted by Gasteiger charge is 2.18. The minimum atomic E-state index is -0.446. The summed E-state index contributed by atoms with van der Waals surface area (Å²) in [6.07, 6.45) is 0. The molecular weight excluding hydrogens is 212 g/mol. The van der Waals surface area contributed by atoms with E-state index in [0.29, 0.717) is 11.3 Å². The number of rotatable bonds is 3. The Labute approximate surface area is 93.6 Å². The van der Waals surface area contributed by atoms with Crippen molar-refractivity contribution >= 4 is 5.97 Å². The van der Waals surface area contributed by atoms with Crippen LogP contribution in [0.3, 0.4) is 0 Å². The summed E-state index contributed by atoms with van der Waals surface area (Å²) in [4.78, 5) is 10.9. The summed E-state index contributed by atoms with van der Waals surface area (Å²) in [5, 5.41) is 9.74. The van der Waals surface area contributed by atoms with Gasteiger partial charge in [-0.2, -0.15) is 0 Å². The van der Waals surface area contributed by atoms with Gasteiger partial charge in [0.05, 0.1) is 14.2 Å². The number of carbonyl (C=O) groups is 1. The first-order valence-corrected chi connectivity index (χ1v) is 4.64. The predicted octanol–water partition coefficient (Wildman–Crippen LogP) is 1.64. The summed E-state index contributed by atoms with van der Waals surface area (Å²) >= 11 is 0. The molecule has 0 aliphatic rings. The molecule has 0 fully saturated rings. The Bertz CT molecular complexity index is 411. The lowest BCUT2D eigenvalue weighted by Crippen LogP contribution is -2.04. The second-order valence-electron chi connectivity index (χ2n) is 3.18. The SMILES string of the molecule is COc1cc(OC(C)=O)c(C)c(OC)c1O. The summed E-state index contributed by atoms with van der Waals surface area (Å²) < 4.78 is 14.9. The lowest BCUT2D eigenvalue weighted by atomic mass is 10.1. The number of benzene rings is 1. The molecule has 0 bridgehead atoms. The number of phenolic OH excluding ortho intramolecular Hbond substituents is 1. The van der Waals surface area contributed by atoms with Gasteiger partial charge in [-0.3, -0.25) is 4.79 Å². The van der Waals surface area contributed by atoms with Gasteiger partial charge < -0.3 is 19.3 Å². The normalized spacial score (nSPS) is 9.75. The van der Waals surface area contributed by atoms with Crippen molar-refractivity contribution in [1.82, 2.24) is 0 Å². The monoisotopic (exact) mass is 226 g/mol. The number of carbonyl (C=O) groups excluding carboxylic acids is 1. The molecule has 0 radical (unpaired) electrons. The highest BCUT2D eigenvalue weighted by atomic mass is 16.5. The number of hydrogen-bond donors (Lipinski definition) is 1. The third-order valence-corrected chi connectivity index (χ3v) is 2.10. The van der Waals surface area contributed by atoms with Crippen LogP contribution in [0, 0.1) is 6.92 Å². The third kappa shape index (κ3) is 2.18. The lowest BCUT2D eigenvalue weighted by Gasteiger charge is -2.14. The molecule has 0 atom stereocenters. The molecule has 0 aliphatic heterocycles. The Morgan fingerprint density at radius 3 is 2.31 bits per heavy atom. The smallest absolute Gasteiger partial charge is 0.308 e. The van der Waals surface area contributed by atoms with Gasteiger partial charge in [0.2, 0.25) is 5.75 Å². The van der Waals surface area contributed by atoms with Crippen LogP contribution in [-0.4, -0.2) is 25.3 Å². The summed E-state index contributed by atoms with van der Waals surface area (Å²) in [6.45, 7) is 2.97. The van der Waals surface area contributed by atoms with Gasteiger partial charge in [0.25, 0.3) is 0 Å². The van der Waals surface area contributed by atoms with Gasteiger partial charge in [-0.15, -0.1) is 0 Å². The zero-order valence-corrected chi connectivity index (χ0v) is 9.66. The van der Waals surface area contributed by atoms with Gasteiger partial charge in [0.15, 0.2) is 11.5 Å². The number of esters is 1. The van der Waals surface area contributed by atoms with Gasteiger partial charge in [0, 0.05) is 18.6 Å². The predicted molar refractivity (Wildman–Crippen MR) is 57.3 cm³/mol. The first kappa shape index (κ1) is 12.2. The van der Waals surface area contributed by atoms with Crippen LogP contribution in [0.1, 0.15) is 12.5 Å². The molecule has 0 amide bonds. The van der Waals surface area contributed by atoms with Crippen molar-refractivity contribution in [1.29, 1.82) is 0 Å². The molecule has 1 rings (SSSR count). The van der Waals surface area contributed by atoms with Gasteiger partial charge in [-0.1, -0.05) is 0 Å².